The first kappa shape index (κ1) is 15.3. The van der Waals surface area contributed by atoms with E-state index in [4.69, 9.17) is 4.42 Å². The number of hydrogen-bond donors (Lipinski definition) is 0. The molecule has 20 heavy (non-hydrogen) atoms. The summed E-state index contributed by atoms with van der Waals surface area (Å²) >= 11 is 0. The zero-order chi connectivity index (χ0) is 14.8. The van der Waals surface area contributed by atoms with Crippen LogP contribution in [0.2, 0.25) is 0 Å². The molecule has 1 aromatic heterocycles. The van der Waals surface area contributed by atoms with Gasteiger partial charge in [-0.2, -0.15) is 4.31 Å². The molecule has 6 heteroatoms. The zero-order valence-corrected chi connectivity index (χ0v) is 12.7. The number of hydrogen-bond acceptors (Lipinski definition) is 4. The molecular weight excluding hydrogens is 278 g/mol. The van der Waals surface area contributed by atoms with Crippen molar-refractivity contribution in [3.05, 3.63) is 17.9 Å². The van der Waals surface area contributed by atoms with E-state index in [9.17, 15) is 13.2 Å². The maximum absolute atomic E-state index is 12.7. The monoisotopic (exact) mass is 299 g/mol. The summed E-state index contributed by atoms with van der Waals surface area (Å²) < 4.78 is 32.1. The maximum Gasteiger partial charge on any atom is 0.276 e. The number of aldehydes is 1. The van der Waals surface area contributed by atoms with Crippen LogP contribution in [-0.4, -0.2) is 31.6 Å². The molecule has 1 saturated carbocycles. The summed E-state index contributed by atoms with van der Waals surface area (Å²) in [4.78, 5) is 10.6. The van der Waals surface area contributed by atoms with Gasteiger partial charge in [0.05, 0.1) is 0 Å². The summed E-state index contributed by atoms with van der Waals surface area (Å²) in [6, 6.07) is 2.80. The third kappa shape index (κ3) is 3.12. The van der Waals surface area contributed by atoms with E-state index in [1.54, 1.807) is 4.31 Å². The van der Waals surface area contributed by atoms with Crippen molar-refractivity contribution in [1.29, 1.82) is 0 Å². The summed E-state index contributed by atoms with van der Waals surface area (Å²) in [5.74, 6) is 0.283. The first-order valence-corrected chi connectivity index (χ1v) is 8.46. The van der Waals surface area contributed by atoms with Crippen molar-refractivity contribution in [1.82, 2.24) is 4.31 Å². The van der Waals surface area contributed by atoms with E-state index >= 15 is 0 Å². The van der Waals surface area contributed by atoms with Crippen LogP contribution >= 0.6 is 0 Å². The average Bonchev–Trinajstić information content (AvgIpc) is 3.06. The highest BCUT2D eigenvalue weighted by molar-refractivity contribution is 7.89. The number of nitrogens with zero attached hydrogens (tertiary/aromatic N) is 1. The van der Waals surface area contributed by atoms with E-state index in [1.165, 1.54) is 12.1 Å². The molecule has 1 aromatic rings. The molecule has 5 nitrogen and oxygen atoms in total. The minimum absolute atomic E-state index is 0.0412. The lowest BCUT2D eigenvalue weighted by molar-refractivity contribution is 0.109. The highest BCUT2D eigenvalue weighted by atomic mass is 32.2. The number of furan rings is 1. The van der Waals surface area contributed by atoms with Gasteiger partial charge in [-0.1, -0.05) is 26.7 Å². The lowest BCUT2D eigenvalue weighted by Crippen LogP contribution is -2.41. The Labute approximate surface area is 120 Å². The predicted molar refractivity (Wildman–Crippen MR) is 75.1 cm³/mol. The molecule has 0 radical (unpaired) electrons. The zero-order valence-electron chi connectivity index (χ0n) is 11.9. The molecule has 1 aliphatic rings. The topological polar surface area (TPSA) is 67.6 Å². The SMILES string of the molecule is CC(C)CN(C1CCCC1)S(=O)(=O)c1ccc(C=O)o1. The minimum atomic E-state index is -3.66. The molecule has 0 amide bonds. The van der Waals surface area contributed by atoms with Gasteiger partial charge in [0.1, 0.15) is 0 Å². The molecule has 0 atom stereocenters. The van der Waals surface area contributed by atoms with Gasteiger partial charge in [-0.3, -0.25) is 4.79 Å². The Morgan fingerprint density at radius 1 is 1.35 bits per heavy atom. The summed E-state index contributed by atoms with van der Waals surface area (Å²) in [7, 11) is -3.66. The first-order chi connectivity index (χ1) is 9.45. The summed E-state index contributed by atoms with van der Waals surface area (Å²) in [5, 5.41) is -0.132. The van der Waals surface area contributed by atoms with Crippen molar-refractivity contribution >= 4 is 16.3 Å². The van der Waals surface area contributed by atoms with Crippen LogP contribution in [0.25, 0.3) is 0 Å². The van der Waals surface area contributed by atoms with E-state index < -0.39 is 10.0 Å². The lowest BCUT2D eigenvalue weighted by atomic mass is 10.2. The standard InChI is InChI=1S/C14H21NO4S/c1-11(2)9-15(12-5-3-4-6-12)20(17,18)14-8-7-13(10-16)19-14/h7-8,10-12H,3-6,9H2,1-2H3. The van der Waals surface area contributed by atoms with Crippen LogP contribution in [-0.2, 0) is 10.0 Å². The molecule has 0 spiro atoms. The third-order valence-electron chi connectivity index (χ3n) is 3.56. The number of rotatable bonds is 6. The summed E-state index contributed by atoms with van der Waals surface area (Å²) in [6.45, 7) is 4.47. The van der Waals surface area contributed by atoms with Gasteiger partial charge in [-0.25, -0.2) is 8.42 Å². The Hall–Kier alpha value is -1.14. The molecule has 1 aliphatic carbocycles. The highest BCUT2D eigenvalue weighted by Crippen LogP contribution is 2.30. The van der Waals surface area contributed by atoms with Crippen LogP contribution in [0.3, 0.4) is 0 Å². The molecular formula is C14H21NO4S. The van der Waals surface area contributed by atoms with Crippen molar-refractivity contribution in [3.63, 3.8) is 0 Å². The Kier molecular flexibility index (Phi) is 4.65. The van der Waals surface area contributed by atoms with Gasteiger partial charge in [0.15, 0.2) is 12.0 Å². The molecule has 0 bridgehead atoms. The molecule has 1 fully saturated rings. The Balaban J connectivity index is 2.32. The van der Waals surface area contributed by atoms with Crippen LogP contribution in [0, 0.1) is 5.92 Å². The fourth-order valence-corrected chi connectivity index (χ4v) is 4.42. The first-order valence-electron chi connectivity index (χ1n) is 7.02. The lowest BCUT2D eigenvalue weighted by Gasteiger charge is -2.28. The largest absolute Gasteiger partial charge is 0.440 e. The quantitative estimate of drug-likeness (QED) is 0.757. The van der Waals surface area contributed by atoms with E-state index in [0.717, 1.165) is 25.7 Å². The van der Waals surface area contributed by atoms with Crippen LogP contribution in [0.15, 0.2) is 21.6 Å². The van der Waals surface area contributed by atoms with Crippen molar-refractivity contribution in [3.8, 4) is 0 Å². The molecule has 2 rings (SSSR count). The second kappa shape index (κ2) is 6.10. The predicted octanol–water partition coefficient (Wildman–Crippen LogP) is 2.68. The van der Waals surface area contributed by atoms with Gasteiger partial charge in [-0.05, 0) is 30.9 Å². The van der Waals surface area contributed by atoms with Crippen molar-refractivity contribution in [2.75, 3.05) is 6.54 Å². The van der Waals surface area contributed by atoms with Crippen LogP contribution in [0.4, 0.5) is 0 Å². The normalized spacial score (nSPS) is 17.2. The van der Waals surface area contributed by atoms with Gasteiger partial charge in [0.25, 0.3) is 10.0 Å². The Morgan fingerprint density at radius 3 is 2.50 bits per heavy atom. The number of carbonyl (C=O) groups is 1. The van der Waals surface area contributed by atoms with E-state index in [-0.39, 0.29) is 22.8 Å². The van der Waals surface area contributed by atoms with E-state index in [2.05, 4.69) is 0 Å². The van der Waals surface area contributed by atoms with Crippen LogP contribution in [0.5, 0.6) is 0 Å². The Bertz CT molecular complexity index is 555. The smallest absolute Gasteiger partial charge is 0.276 e. The van der Waals surface area contributed by atoms with E-state index in [0.29, 0.717) is 12.8 Å². The number of sulfonamides is 1. The second-order valence-electron chi connectivity index (χ2n) is 5.68. The summed E-state index contributed by atoms with van der Waals surface area (Å²) in [5.41, 5.74) is 0. The van der Waals surface area contributed by atoms with Gasteiger partial charge in [-0.15, -0.1) is 0 Å². The van der Waals surface area contributed by atoms with Crippen molar-refractivity contribution < 1.29 is 17.6 Å². The summed E-state index contributed by atoms with van der Waals surface area (Å²) in [6.07, 6.45) is 4.43. The van der Waals surface area contributed by atoms with Crippen molar-refractivity contribution in [2.24, 2.45) is 5.92 Å². The molecule has 0 unspecified atom stereocenters. The molecule has 0 saturated heterocycles. The van der Waals surface area contributed by atoms with Crippen LogP contribution in [0.1, 0.15) is 50.1 Å². The highest BCUT2D eigenvalue weighted by Gasteiger charge is 2.35. The molecule has 1 heterocycles. The minimum Gasteiger partial charge on any atom is -0.440 e. The fraction of sp³-hybridized carbons (Fsp3) is 0.643. The fourth-order valence-electron chi connectivity index (χ4n) is 2.65. The third-order valence-corrected chi connectivity index (χ3v) is 5.35. The molecule has 0 aromatic carbocycles. The van der Waals surface area contributed by atoms with Gasteiger partial charge < -0.3 is 4.42 Å². The Morgan fingerprint density at radius 2 is 2.00 bits per heavy atom. The van der Waals surface area contributed by atoms with Gasteiger partial charge in [0, 0.05) is 12.6 Å². The van der Waals surface area contributed by atoms with Crippen LogP contribution < -0.4 is 0 Å². The maximum atomic E-state index is 12.7. The van der Waals surface area contributed by atoms with Gasteiger partial charge >= 0.3 is 0 Å². The molecule has 112 valence electrons. The average molecular weight is 299 g/mol. The number of carbonyl (C=O) groups excluding carboxylic acids is 1. The second-order valence-corrected chi connectivity index (χ2v) is 7.50. The van der Waals surface area contributed by atoms with E-state index in [1.807, 2.05) is 13.8 Å². The van der Waals surface area contributed by atoms with Crippen molar-refractivity contribution in [2.45, 2.75) is 50.7 Å². The molecule has 0 aliphatic heterocycles. The van der Waals surface area contributed by atoms with Gasteiger partial charge in [0.2, 0.25) is 5.09 Å². The molecule has 0 N–H and O–H groups in total.